The van der Waals surface area contributed by atoms with Crippen molar-refractivity contribution >= 4 is 11.9 Å². The first-order valence-electron chi connectivity index (χ1n) is 19.2. The fourth-order valence-corrected chi connectivity index (χ4v) is 13.2. The van der Waals surface area contributed by atoms with Crippen molar-refractivity contribution in [2.24, 2.45) is 51.2 Å². The minimum atomic E-state index is -1.01. The molecule has 0 bridgehead atoms. The summed E-state index contributed by atoms with van der Waals surface area (Å²) in [4.78, 5) is 26.5. The minimum absolute atomic E-state index is 0.00480. The molecule has 264 valence electrons. The number of aliphatic hydroxyl groups excluding tert-OH is 1. The lowest BCUT2D eigenvalue weighted by Crippen LogP contribution is -2.56. The van der Waals surface area contributed by atoms with Gasteiger partial charge in [0.25, 0.3) is 0 Å². The Kier molecular flexibility index (Phi) is 8.15. The van der Waals surface area contributed by atoms with Gasteiger partial charge in [-0.25, -0.2) is 0 Å². The zero-order chi connectivity index (χ0) is 32.9. The van der Waals surface area contributed by atoms with Gasteiger partial charge in [0.15, 0.2) is 6.29 Å². The Bertz CT molecular complexity index is 1240. The Labute approximate surface area is 281 Å². The second kappa shape index (κ2) is 11.6. The van der Waals surface area contributed by atoms with Crippen LogP contribution in [0.15, 0.2) is 0 Å². The molecule has 2 saturated heterocycles. The first-order chi connectivity index (χ1) is 22.4. The molecule has 2 heterocycles. The van der Waals surface area contributed by atoms with Crippen LogP contribution in [0, 0.1) is 51.2 Å². The molecule has 47 heavy (non-hydrogen) atoms. The molecule has 3 N–H and O–H groups in total. The number of aliphatic carboxylic acids is 1. The summed E-state index contributed by atoms with van der Waals surface area (Å²) in [6.07, 6.45) is 14.5. The standard InChI is InChI=1S/C38H60N2O7/c1-22(41)33(34(43)44)39-19-24-7-8-26-28(46-24)18-27-25-9-10-29-35(2,3)30(11-12-38(29)21-37(25,38)14-13-36(26,27)4)47-32-20-40(15-16-45-32)31(42)17-23-5-6-23/h22-30,32-33,39,41H,5-21H2,1-4H3,(H,43,44)/t22?,24?,25?,26-,27?,28?,29-,30-,32?,33+,36?,37-,38+/m0/s1. The third-order valence-electron chi connectivity index (χ3n) is 15.8. The summed E-state index contributed by atoms with van der Waals surface area (Å²) in [7, 11) is 0. The van der Waals surface area contributed by atoms with E-state index in [2.05, 4.69) is 26.1 Å². The van der Waals surface area contributed by atoms with Crippen LogP contribution in [0.5, 0.6) is 0 Å². The van der Waals surface area contributed by atoms with E-state index < -0.39 is 18.1 Å². The molecular formula is C38H60N2O7. The van der Waals surface area contributed by atoms with E-state index in [4.69, 9.17) is 14.2 Å². The topological polar surface area (TPSA) is 118 Å². The first kappa shape index (κ1) is 32.9. The molecule has 13 atom stereocenters. The highest BCUT2D eigenvalue weighted by Crippen LogP contribution is 2.87. The van der Waals surface area contributed by atoms with E-state index in [9.17, 15) is 19.8 Å². The van der Waals surface area contributed by atoms with Crippen LogP contribution in [-0.2, 0) is 23.8 Å². The summed E-state index contributed by atoms with van der Waals surface area (Å²) in [5.41, 5.74) is 1.31. The third kappa shape index (κ3) is 5.25. The first-order valence-corrected chi connectivity index (χ1v) is 19.2. The van der Waals surface area contributed by atoms with Gasteiger partial charge in [-0.2, -0.15) is 0 Å². The fraction of sp³-hybridized carbons (Fsp3) is 0.947. The quantitative estimate of drug-likeness (QED) is 0.318. The van der Waals surface area contributed by atoms with Crippen LogP contribution in [0.4, 0.5) is 0 Å². The predicted octanol–water partition coefficient (Wildman–Crippen LogP) is 4.99. The zero-order valence-corrected chi connectivity index (χ0v) is 29.3. The number of carboxylic acid groups (broad SMARTS) is 1. The maximum Gasteiger partial charge on any atom is 0.323 e. The van der Waals surface area contributed by atoms with Gasteiger partial charge in [-0.05, 0) is 135 Å². The maximum absolute atomic E-state index is 12.9. The molecule has 0 aromatic carbocycles. The second-order valence-electron chi connectivity index (χ2n) is 18.3. The number of rotatable bonds is 9. The van der Waals surface area contributed by atoms with Gasteiger partial charge in [0, 0.05) is 19.5 Å². The molecule has 0 aromatic rings. The van der Waals surface area contributed by atoms with Crippen molar-refractivity contribution in [1.82, 2.24) is 10.2 Å². The molecule has 8 rings (SSSR count). The average Bonchev–Trinajstić information content (AvgIpc) is 3.94. The van der Waals surface area contributed by atoms with Gasteiger partial charge in [-0.1, -0.05) is 20.8 Å². The van der Waals surface area contributed by atoms with Crippen LogP contribution >= 0.6 is 0 Å². The van der Waals surface area contributed by atoms with E-state index in [0.29, 0.717) is 72.6 Å². The van der Waals surface area contributed by atoms with E-state index in [1.807, 2.05) is 4.90 Å². The largest absolute Gasteiger partial charge is 0.480 e. The number of morpholine rings is 1. The number of nitrogens with one attached hydrogen (secondary N) is 1. The molecule has 8 aliphatic rings. The van der Waals surface area contributed by atoms with Crippen LogP contribution < -0.4 is 5.32 Å². The summed E-state index contributed by atoms with van der Waals surface area (Å²) >= 11 is 0. The van der Waals surface area contributed by atoms with Crippen molar-refractivity contribution in [2.45, 2.75) is 148 Å². The van der Waals surface area contributed by atoms with E-state index in [0.717, 1.165) is 31.6 Å². The van der Waals surface area contributed by atoms with Gasteiger partial charge in [0.2, 0.25) is 5.91 Å². The second-order valence-corrected chi connectivity index (χ2v) is 18.3. The number of carbonyl (C=O) groups is 2. The van der Waals surface area contributed by atoms with Crippen LogP contribution in [0.2, 0.25) is 0 Å². The molecule has 8 fully saturated rings. The molecule has 7 unspecified atom stereocenters. The molecule has 0 radical (unpaired) electrons. The Morgan fingerprint density at radius 3 is 2.51 bits per heavy atom. The number of hydrogen-bond acceptors (Lipinski definition) is 7. The highest BCUT2D eigenvalue weighted by molar-refractivity contribution is 5.76. The molecule has 1 amide bonds. The monoisotopic (exact) mass is 656 g/mol. The highest BCUT2D eigenvalue weighted by Gasteiger charge is 2.80. The normalized spacial score (nSPS) is 47.8. The number of hydrogen-bond donors (Lipinski definition) is 3. The lowest BCUT2D eigenvalue weighted by Gasteiger charge is -2.60. The van der Waals surface area contributed by atoms with Gasteiger partial charge in [0.1, 0.15) is 6.04 Å². The Balaban J connectivity index is 0.918. The zero-order valence-electron chi connectivity index (χ0n) is 29.3. The smallest absolute Gasteiger partial charge is 0.323 e. The lowest BCUT2D eigenvalue weighted by atomic mass is 9.46. The molecule has 2 spiro atoms. The summed E-state index contributed by atoms with van der Waals surface area (Å²) in [6.45, 7) is 11.4. The van der Waals surface area contributed by atoms with Crippen LogP contribution in [0.25, 0.3) is 0 Å². The van der Waals surface area contributed by atoms with Crippen molar-refractivity contribution in [2.75, 3.05) is 26.2 Å². The molecule has 9 heteroatoms. The van der Waals surface area contributed by atoms with Crippen LogP contribution in [0.3, 0.4) is 0 Å². The molecule has 6 aliphatic carbocycles. The Morgan fingerprint density at radius 1 is 0.979 bits per heavy atom. The SMILES string of the molecule is CC(O)[C@@H](NCC1CC[C@H]2C(CC3C4CC[C@H]5C(C)(C)[C@@H](OC6CN(C(=O)CC7CC7)CCO6)CC[C@@]56C[C@@]46CCC32C)O1)C(=O)O. The third-order valence-corrected chi connectivity index (χ3v) is 15.8. The lowest BCUT2D eigenvalue weighted by molar-refractivity contribution is -0.244. The van der Waals surface area contributed by atoms with Crippen LogP contribution in [0.1, 0.15) is 111 Å². The van der Waals surface area contributed by atoms with Crippen molar-refractivity contribution in [3.05, 3.63) is 0 Å². The van der Waals surface area contributed by atoms with Crippen molar-refractivity contribution in [1.29, 1.82) is 0 Å². The minimum Gasteiger partial charge on any atom is -0.480 e. The van der Waals surface area contributed by atoms with Gasteiger partial charge in [-0.3, -0.25) is 14.9 Å². The van der Waals surface area contributed by atoms with Gasteiger partial charge < -0.3 is 29.3 Å². The number of ether oxygens (including phenoxy) is 3. The van der Waals surface area contributed by atoms with E-state index in [1.54, 1.807) is 0 Å². The van der Waals surface area contributed by atoms with Crippen molar-refractivity contribution in [3.8, 4) is 0 Å². The van der Waals surface area contributed by atoms with E-state index >= 15 is 0 Å². The Hall–Kier alpha value is -1.26. The molecule has 9 nitrogen and oxygen atoms in total. The Morgan fingerprint density at radius 2 is 1.77 bits per heavy atom. The fourth-order valence-electron chi connectivity index (χ4n) is 13.2. The predicted molar refractivity (Wildman–Crippen MR) is 175 cm³/mol. The summed E-state index contributed by atoms with van der Waals surface area (Å²) in [5, 5.41) is 22.5. The summed E-state index contributed by atoms with van der Waals surface area (Å²) in [6, 6.07) is -0.961. The number of nitrogens with zero attached hydrogens (tertiary/aromatic N) is 1. The molecule has 6 saturated carbocycles. The van der Waals surface area contributed by atoms with Gasteiger partial charge in [-0.15, -0.1) is 0 Å². The molecule has 0 aromatic heterocycles. The number of fused-ring (bicyclic) bond motifs is 4. The number of carboxylic acids is 1. The van der Waals surface area contributed by atoms with Crippen molar-refractivity contribution in [3.63, 3.8) is 0 Å². The maximum atomic E-state index is 12.9. The van der Waals surface area contributed by atoms with Crippen molar-refractivity contribution < 1.29 is 34.0 Å². The van der Waals surface area contributed by atoms with Crippen LogP contribution in [-0.4, -0.2) is 90.0 Å². The average molecular weight is 657 g/mol. The highest BCUT2D eigenvalue weighted by atomic mass is 16.7. The van der Waals surface area contributed by atoms with Gasteiger partial charge >= 0.3 is 5.97 Å². The number of carbonyl (C=O) groups excluding carboxylic acids is 1. The molecule has 2 aliphatic heterocycles. The number of amides is 1. The van der Waals surface area contributed by atoms with E-state index in [-0.39, 0.29) is 35.9 Å². The molecular weight excluding hydrogens is 596 g/mol. The summed E-state index contributed by atoms with van der Waals surface area (Å²) in [5.74, 6) is 2.60. The number of aliphatic hydroxyl groups is 1. The van der Waals surface area contributed by atoms with E-state index in [1.165, 1.54) is 58.3 Å². The van der Waals surface area contributed by atoms with Gasteiger partial charge in [0.05, 0.1) is 37.6 Å². The summed E-state index contributed by atoms with van der Waals surface area (Å²) < 4.78 is 19.7.